The third-order valence-electron chi connectivity index (χ3n) is 16.0. The standard InChI is InChI=1S/C68H88N4O14.2CHF3O3S.2Co/c1-65(2,3)49-33-45-29-41(61(49)77)37-69-53-17-13-14-18-54(53)70-38-42-30-46(34-50(62(42)78)66(4,5)6)85-59(75)23-27-82-28-24-60(76)86-48-32-44(64(80)52(36-48)68(10,11)12)40-72-56-20-16-15-19-55(56)71-39-43-31-47(35-51(63(43)79)67(7,8)9)84-58(74)22-26-81-25-21-57(73)83-45;2*2-1(3,4)8(5,6)7;;/h29-40,53-56,77-80H,13-28H2,1-12H3;2*(H,5,6,7);;/p-2/t53-,54-,55-,56-;;;;/m1..../s1. The normalized spacial score (nSPS) is 19.4. The average Bonchev–Trinajstić information content (AvgIpc) is 0.813. The van der Waals surface area contributed by atoms with Crippen molar-refractivity contribution < 1.29 is 154 Å². The molecule has 8 bridgehead atoms. The zero-order valence-electron chi connectivity index (χ0n) is 59.4. The van der Waals surface area contributed by atoms with Crippen LogP contribution < -0.4 is 18.9 Å². The van der Waals surface area contributed by atoms with Crippen LogP contribution in [0, 0.1) is 0 Å². The first-order chi connectivity index (χ1) is 46.9. The van der Waals surface area contributed by atoms with E-state index in [4.69, 9.17) is 74.3 Å². The van der Waals surface area contributed by atoms with E-state index in [1.807, 2.05) is 83.1 Å². The quantitative estimate of drug-likeness (QED) is 0.0418. The van der Waals surface area contributed by atoms with Crippen molar-refractivity contribution in [1.29, 1.82) is 0 Å². The number of aromatic hydroxyl groups is 4. The number of benzene rings is 4. The van der Waals surface area contributed by atoms with E-state index in [1.165, 1.54) is 0 Å². The van der Waals surface area contributed by atoms with Gasteiger partial charge in [-0.3, -0.25) is 39.1 Å². The van der Waals surface area contributed by atoms with Crippen LogP contribution in [0.15, 0.2) is 68.5 Å². The summed E-state index contributed by atoms with van der Waals surface area (Å²) in [4.78, 5) is 72.9. The summed E-state index contributed by atoms with van der Waals surface area (Å²) in [5.41, 5.74) is -9.89. The van der Waals surface area contributed by atoms with Gasteiger partial charge in [-0.25, -0.2) is 16.8 Å². The van der Waals surface area contributed by atoms with E-state index >= 15 is 0 Å². The average molecular weight is 1600 g/mol. The maximum atomic E-state index is 13.3. The first-order valence-electron chi connectivity index (χ1n) is 32.6. The minimum atomic E-state index is -6.09. The fraction of sp³-hybridized carbons (Fsp3) is 0.543. The largest absolute Gasteiger partial charge is 0.741 e. The van der Waals surface area contributed by atoms with Crippen molar-refractivity contribution in [2.45, 2.75) is 217 Å². The fourth-order valence-electron chi connectivity index (χ4n) is 10.6. The molecular weight excluding hydrogens is 1510 g/mol. The molecule has 2 radical (unpaired) electrons. The molecule has 2 saturated carbocycles. The Bertz CT molecular complexity index is 3550. The zero-order chi connectivity index (χ0) is 76.7. The molecule has 2 fully saturated rings. The van der Waals surface area contributed by atoms with Crippen molar-refractivity contribution in [2.75, 3.05) is 26.4 Å². The van der Waals surface area contributed by atoms with Gasteiger partial charge in [-0.1, -0.05) is 109 Å². The van der Waals surface area contributed by atoms with Crippen molar-refractivity contribution in [2.24, 2.45) is 20.0 Å². The molecule has 0 aromatic heterocycles. The molecule has 4 atom stereocenters. The van der Waals surface area contributed by atoms with Crippen LogP contribution in [0.3, 0.4) is 0 Å². The van der Waals surface area contributed by atoms with Crippen molar-refractivity contribution in [3.05, 3.63) is 93.0 Å². The van der Waals surface area contributed by atoms with Gasteiger partial charge in [0.15, 0.2) is 20.2 Å². The summed E-state index contributed by atoms with van der Waals surface area (Å²) in [5, 5.41) is 46.3. The van der Waals surface area contributed by atoms with Crippen LogP contribution in [0.1, 0.15) is 205 Å². The minimum absolute atomic E-state index is 0. The number of carbonyl (C=O) groups excluding carboxylic acids is 4. The topological polar surface area (TPSA) is 368 Å². The summed E-state index contributed by atoms with van der Waals surface area (Å²) in [6.07, 6.45) is 12.2. The predicted molar refractivity (Wildman–Crippen MR) is 364 cm³/mol. The number of nitrogens with zero attached hydrogens (tertiary/aromatic N) is 4. The Balaban J connectivity index is 0.00000139. The second-order valence-corrected chi connectivity index (χ2v) is 31.2. The van der Waals surface area contributed by atoms with E-state index in [0.29, 0.717) is 70.2 Å². The van der Waals surface area contributed by atoms with Gasteiger partial charge < -0.3 is 58.0 Å². The van der Waals surface area contributed by atoms with Gasteiger partial charge in [0.1, 0.15) is 46.0 Å². The molecule has 24 nitrogen and oxygen atoms in total. The Morgan fingerprint density at radius 1 is 0.365 bits per heavy atom. The summed E-state index contributed by atoms with van der Waals surface area (Å²) < 4.78 is 152. The Labute approximate surface area is 621 Å². The number of phenolic OH excluding ortho intramolecular Hbond substituents is 4. The van der Waals surface area contributed by atoms with E-state index < -0.39 is 76.8 Å². The number of aliphatic imine (C=N–C) groups is 4. The summed E-state index contributed by atoms with van der Waals surface area (Å²) in [7, 11) is -12.2. The molecule has 4 aromatic rings. The number of fused-ring (bicyclic) bond motifs is 10. The predicted octanol–water partition coefficient (Wildman–Crippen LogP) is 12.4. The van der Waals surface area contributed by atoms with Crippen LogP contribution in [0.25, 0.3) is 0 Å². The Hall–Kier alpha value is -7.03. The number of hydrogen-bond acceptors (Lipinski definition) is 24. The number of halogens is 6. The molecule has 7 rings (SSSR count). The first-order valence-corrected chi connectivity index (χ1v) is 35.4. The molecule has 0 saturated heterocycles. The second kappa shape index (κ2) is 38.0. The number of hydrogen-bond donors (Lipinski definition) is 4. The van der Waals surface area contributed by atoms with Crippen LogP contribution in [0.5, 0.6) is 46.0 Å². The molecule has 34 heteroatoms. The maximum Gasteiger partial charge on any atom is 0.485 e. The Morgan fingerprint density at radius 3 is 0.692 bits per heavy atom. The minimum Gasteiger partial charge on any atom is -0.741 e. The number of carbonyl (C=O) groups is 4. The van der Waals surface area contributed by atoms with Crippen molar-refractivity contribution in [1.82, 2.24) is 0 Å². The van der Waals surface area contributed by atoms with Gasteiger partial charge in [-0.2, -0.15) is 26.3 Å². The van der Waals surface area contributed by atoms with Gasteiger partial charge in [0.25, 0.3) is 0 Å². The van der Waals surface area contributed by atoms with E-state index in [1.54, 1.807) is 73.4 Å². The fourth-order valence-corrected chi connectivity index (χ4v) is 10.6. The third kappa shape index (κ3) is 28.0. The Kier molecular flexibility index (Phi) is 33.3. The van der Waals surface area contributed by atoms with Crippen LogP contribution in [-0.2, 0) is 104 Å². The maximum absolute atomic E-state index is 13.3. The molecular formula is C70H88Co2F6N4O20S2-2. The van der Waals surface area contributed by atoms with E-state index in [0.717, 1.165) is 25.7 Å². The Morgan fingerprint density at radius 2 is 0.538 bits per heavy atom. The number of rotatable bonds is 0. The second-order valence-electron chi connectivity index (χ2n) is 28.5. The van der Waals surface area contributed by atoms with E-state index in [-0.39, 0.29) is 156 Å². The molecule has 1 aliphatic heterocycles. The van der Waals surface area contributed by atoms with Crippen LogP contribution in [0.4, 0.5) is 26.3 Å². The van der Waals surface area contributed by atoms with Gasteiger partial charge in [0.05, 0.1) is 76.3 Å². The third-order valence-corrected chi connectivity index (χ3v) is 17.1. The molecule has 4 N–H and O–H groups in total. The number of ether oxygens (including phenoxy) is 6. The van der Waals surface area contributed by atoms with Crippen molar-refractivity contribution >= 4 is 69.0 Å². The molecule has 104 heavy (non-hydrogen) atoms. The van der Waals surface area contributed by atoms with Crippen LogP contribution in [-0.4, -0.2) is 157 Å². The molecule has 3 aliphatic rings. The van der Waals surface area contributed by atoms with Crippen LogP contribution in [0.2, 0.25) is 0 Å². The first kappa shape index (κ1) is 91.2. The molecule has 582 valence electrons. The molecule has 1 heterocycles. The van der Waals surface area contributed by atoms with E-state index in [2.05, 4.69) is 0 Å². The smallest absolute Gasteiger partial charge is 0.485 e. The molecule has 4 aromatic carbocycles. The number of esters is 4. The zero-order valence-corrected chi connectivity index (χ0v) is 63.1. The summed E-state index contributed by atoms with van der Waals surface area (Å²) >= 11 is 0. The van der Waals surface area contributed by atoms with Gasteiger partial charge in [0.2, 0.25) is 0 Å². The summed E-state index contributed by atoms with van der Waals surface area (Å²) in [6.45, 7) is 23.1. The SMILES string of the molecule is CC(C)(C)c1cc2cc(c1O)C=N[C@@H]1CCCC[C@H]1N=Cc1cc(cc(C(C)(C)C)c1O)OC(=O)CCOCCC(=O)Oc1cc(c(O)c(C(C)(C)C)c1)C=N[C@@H]1CCCC[C@H]1N=Cc1cc(cc(C(C)(C)C)c1O)OC(=O)CCOCCC(=O)O2.O=S(=O)([O-])C(F)(F)F.O=S(=O)([O-])C(F)(F)F.[Co].[Co]. The van der Waals surface area contributed by atoms with Crippen molar-refractivity contribution in [3.8, 4) is 46.0 Å². The van der Waals surface area contributed by atoms with Gasteiger partial charge >= 0.3 is 34.9 Å². The molecule has 0 amide bonds. The number of alkyl halides is 6. The van der Waals surface area contributed by atoms with Crippen LogP contribution >= 0.6 is 0 Å². The van der Waals surface area contributed by atoms with Gasteiger partial charge in [0, 0.05) is 103 Å². The summed E-state index contributed by atoms with van der Waals surface area (Å²) in [5.74, 6) is -1.51. The van der Waals surface area contributed by atoms with Gasteiger partial charge in [-0.05, 0) is 95.9 Å². The molecule has 0 spiro atoms. The monoisotopic (exact) mass is 1600 g/mol. The number of phenols is 4. The van der Waals surface area contributed by atoms with E-state index in [9.17, 15) is 65.9 Å². The molecule has 0 unspecified atom stereocenters. The molecule has 2 aliphatic carbocycles. The van der Waals surface area contributed by atoms with Gasteiger partial charge in [-0.15, -0.1) is 0 Å². The summed E-state index contributed by atoms with van der Waals surface area (Å²) in [6, 6.07) is 11.6. The van der Waals surface area contributed by atoms with Crippen molar-refractivity contribution in [3.63, 3.8) is 0 Å².